The van der Waals surface area contributed by atoms with Crippen LogP contribution in [-0.2, 0) is 0 Å². The lowest BCUT2D eigenvalue weighted by Crippen LogP contribution is -2.29. The van der Waals surface area contributed by atoms with Crippen LogP contribution in [0.15, 0.2) is 140 Å². The summed E-state index contributed by atoms with van der Waals surface area (Å²) in [5.74, 6) is 0.612. The van der Waals surface area contributed by atoms with E-state index in [9.17, 15) is 19.2 Å². The molecule has 0 spiro atoms. The Balaban J connectivity index is 1.01. The van der Waals surface area contributed by atoms with E-state index in [2.05, 4.69) is 12.1 Å². The second kappa shape index (κ2) is 12.6. The zero-order valence-electron chi connectivity index (χ0n) is 27.7. The van der Waals surface area contributed by atoms with Gasteiger partial charge in [-0.2, -0.15) is 0 Å². The molecule has 2 heterocycles. The summed E-state index contributed by atoms with van der Waals surface area (Å²) in [5, 5.41) is 0. The summed E-state index contributed by atoms with van der Waals surface area (Å²) in [5.41, 5.74) is 6.03. The van der Waals surface area contributed by atoms with Gasteiger partial charge in [0.1, 0.15) is 23.0 Å². The lowest BCUT2D eigenvalue weighted by Gasteiger charge is -2.20. The van der Waals surface area contributed by atoms with E-state index in [1.54, 1.807) is 42.5 Å². The molecule has 8 heteroatoms. The summed E-state index contributed by atoms with van der Waals surface area (Å²) < 4.78 is 12.2. The van der Waals surface area contributed by atoms with E-state index in [0.717, 1.165) is 27.2 Å². The van der Waals surface area contributed by atoms with Crippen molar-refractivity contribution >= 4 is 29.3 Å². The van der Waals surface area contributed by atoms with Crippen LogP contribution in [0.4, 0.5) is 5.69 Å². The second-order valence-corrected chi connectivity index (χ2v) is 12.6. The van der Waals surface area contributed by atoms with Gasteiger partial charge in [-0.15, -0.1) is 0 Å². The monoisotopic (exact) mass is 670 g/mol. The summed E-state index contributed by atoms with van der Waals surface area (Å²) >= 11 is 0. The third kappa shape index (κ3) is 5.72. The van der Waals surface area contributed by atoms with Gasteiger partial charge in [0.15, 0.2) is 0 Å². The van der Waals surface area contributed by atoms with Crippen molar-refractivity contribution in [3.63, 3.8) is 0 Å². The Bertz CT molecular complexity index is 2370. The molecule has 6 aromatic carbocycles. The van der Waals surface area contributed by atoms with E-state index in [4.69, 9.17) is 9.47 Å². The molecule has 2 aliphatic heterocycles. The molecule has 0 bridgehead atoms. The second-order valence-electron chi connectivity index (χ2n) is 12.6. The summed E-state index contributed by atoms with van der Waals surface area (Å²) in [6.45, 7) is 1.92. The number of anilines is 1. The first kappa shape index (κ1) is 31.5. The van der Waals surface area contributed by atoms with Crippen LogP contribution < -0.4 is 14.4 Å². The van der Waals surface area contributed by atoms with Crippen LogP contribution >= 0.6 is 0 Å². The van der Waals surface area contributed by atoms with Crippen molar-refractivity contribution in [1.29, 1.82) is 0 Å². The minimum atomic E-state index is -0.379. The van der Waals surface area contributed by atoms with Gasteiger partial charge >= 0.3 is 0 Å². The van der Waals surface area contributed by atoms with Crippen LogP contribution in [0.2, 0.25) is 0 Å². The summed E-state index contributed by atoms with van der Waals surface area (Å²) in [6.07, 6.45) is 0. The Morgan fingerprint density at radius 2 is 0.922 bits per heavy atom. The first-order valence-electron chi connectivity index (χ1n) is 16.4. The number of ether oxygens (including phenoxy) is 2. The minimum absolute atomic E-state index is 0.0929. The zero-order valence-corrected chi connectivity index (χ0v) is 27.7. The fourth-order valence-electron chi connectivity index (χ4n) is 6.64. The maximum Gasteiger partial charge on any atom is 0.266 e. The van der Waals surface area contributed by atoms with Gasteiger partial charge in [0.2, 0.25) is 0 Å². The zero-order chi connectivity index (χ0) is 35.2. The average Bonchev–Trinajstić information content (AvgIpc) is 3.52. The van der Waals surface area contributed by atoms with Crippen molar-refractivity contribution in [3.8, 4) is 23.0 Å². The van der Waals surface area contributed by atoms with Crippen molar-refractivity contribution in [2.75, 3.05) is 11.9 Å². The molecule has 0 aromatic heterocycles. The Kier molecular flexibility index (Phi) is 7.76. The molecule has 0 saturated heterocycles. The number of fused-ring (bicyclic) bond motifs is 2. The molecule has 6 aromatic rings. The van der Waals surface area contributed by atoms with Gasteiger partial charge in [-0.05, 0) is 102 Å². The number of hydrogen-bond donors (Lipinski definition) is 0. The Morgan fingerprint density at radius 3 is 1.49 bits per heavy atom. The Hall–Kier alpha value is -6.80. The van der Waals surface area contributed by atoms with E-state index < -0.39 is 0 Å². The average molecular weight is 671 g/mol. The number of aryl methyl sites for hydroxylation is 1. The molecular formula is C43H30N2O6. The number of hydrogen-bond acceptors (Lipinski definition) is 6. The third-order valence-electron chi connectivity index (χ3n) is 9.21. The Morgan fingerprint density at radius 1 is 0.451 bits per heavy atom. The van der Waals surface area contributed by atoms with Crippen molar-refractivity contribution in [2.24, 2.45) is 0 Å². The molecule has 2 aliphatic rings. The molecule has 8 nitrogen and oxygen atoms in total. The van der Waals surface area contributed by atoms with Gasteiger partial charge < -0.3 is 9.47 Å². The molecule has 0 fully saturated rings. The maximum atomic E-state index is 13.3. The topological polar surface area (TPSA) is 93.2 Å². The fraction of sp³-hybridized carbons (Fsp3) is 0.0698. The number of amides is 4. The molecule has 51 heavy (non-hydrogen) atoms. The molecular weight excluding hydrogens is 640 g/mol. The van der Waals surface area contributed by atoms with Crippen LogP contribution in [0.1, 0.15) is 69.6 Å². The standard InChI is InChI=1S/C43H30N2O6/c1-26-7-6-10-30(23-26)45-42(48)36-22-20-34(25-38(36)43(45)49)51-32-17-13-29(14-18-32)39(27-8-4-3-5-9-27)28-11-15-31(16-12-28)50-33-19-21-35-37(24-33)41(47)44(2)40(35)46/h3-25,39H,1-2H3. The van der Waals surface area contributed by atoms with E-state index in [1.807, 2.05) is 91.9 Å². The summed E-state index contributed by atoms with van der Waals surface area (Å²) in [6, 6.07) is 42.9. The summed E-state index contributed by atoms with van der Waals surface area (Å²) in [7, 11) is 1.47. The largest absolute Gasteiger partial charge is 0.457 e. The molecule has 4 amide bonds. The highest BCUT2D eigenvalue weighted by atomic mass is 16.5. The Labute approximate surface area is 294 Å². The highest BCUT2D eigenvalue weighted by molar-refractivity contribution is 6.34. The SMILES string of the molecule is Cc1cccc(N2C(=O)c3ccc(Oc4ccc(C(c5ccccc5)c5ccc(Oc6ccc7c(c6)C(=O)N(C)C7=O)cc5)cc4)cc3C2=O)c1. The fourth-order valence-corrected chi connectivity index (χ4v) is 6.64. The number of carbonyl (C=O) groups excluding carboxylic acids is 4. The lowest BCUT2D eigenvalue weighted by atomic mass is 9.85. The van der Waals surface area contributed by atoms with Crippen molar-refractivity contribution in [2.45, 2.75) is 12.8 Å². The van der Waals surface area contributed by atoms with Gasteiger partial charge in [-0.3, -0.25) is 24.1 Å². The highest BCUT2D eigenvalue weighted by Gasteiger charge is 2.37. The van der Waals surface area contributed by atoms with Crippen molar-refractivity contribution in [3.05, 3.63) is 184 Å². The number of rotatable bonds is 8. The van der Waals surface area contributed by atoms with Crippen LogP contribution in [0.3, 0.4) is 0 Å². The van der Waals surface area contributed by atoms with E-state index in [-0.39, 0.29) is 29.5 Å². The third-order valence-corrected chi connectivity index (χ3v) is 9.21. The van der Waals surface area contributed by atoms with Gasteiger partial charge in [-0.25, -0.2) is 4.90 Å². The van der Waals surface area contributed by atoms with Gasteiger partial charge in [0.05, 0.1) is 27.9 Å². The van der Waals surface area contributed by atoms with Crippen LogP contribution in [-0.4, -0.2) is 35.6 Å². The molecule has 248 valence electrons. The van der Waals surface area contributed by atoms with Crippen LogP contribution in [0, 0.1) is 6.92 Å². The smallest absolute Gasteiger partial charge is 0.266 e. The predicted molar refractivity (Wildman–Crippen MR) is 192 cm³/mol. The van der Waals surface area contributed by atoms with Gasteiger partial charge in [0.25, 0.3) is 23.6 Å². The summed E-state index contributed by atoms with van der Waals surface area (Å²) in [4.78, 5) is 53.5. The predicted octanol–water partition coefficient (Wildman–Crippen LogP) is 8.79. The van der Waals surface area contributed by atoms with E-state index in [0.29, 0.717) is 50.9 Å². The quantitative estimate of drug-likeness (QED) is 0.119. The first-order chi connectivity index (χ1) is 24.7. The molecule has 8 rings (SSSR count). The molecule has 0 radical (unpaired) electrons. The lowest BCUT2D eigenvalue weighted by molar-refractivity contribution is 0.0692. The minimum Gasteiger partial charge on any atom is -0.457 e. The maximum absolute atomic E-state index is 13.3. The number of imide groups is 2. The molecule has 0 N–H and O–H groups in total. The van der Waals surface area contributed by atoms with Gasteiger partial charge in [-0.1, -0.05) is 66.7 Å². The van der Waals surface area contributed by atoms with Gasteiger partial charge in [0, 0.05) is 13.0 Å². The van der Waals surface area contributed by atoms with E-state index >= 15 is 0 Å². The number of nitrogens with zero attached hydrogens (tertiary/aromatic N) is 2. The van der Waals surface area contributed by atoms with Crippen LogP contribution in [0.5, 0.6) is 23.0 Å². The molecule has 0 aliphatic carbocycles. The number of carbonyl (C=O) groups is 4. The molecule has 1 unspecified atom stereocenters. The highest BCUT2D eigenvalue weighted by Crippen LogP contribution is 2.37. The van der Waals surface area contributed by atoms with Crippen molar-refractivity contribution in [1.82, 2.24) is 4.90 Å². The van der Waals surface area contributed by atoms with Crippen molar-refractivity contribution < 1.29 is 28.7 Å². The number of benzene rings is 6. The first-order valence-corrected chi connectivity index (χ1v) is 16.4. The molecule has 1 atom stereocenters. The molecule has 0 saturated carbocycles. The van der Waals surface area contributed by atoms with Crippen LogP contribution in [0.25, 0.3) is 0 Å². The van der Waals surface area contributed by atoms with E-state index in [1.165, 1.54) is 11.9 Å². The normalized spacial score (nSPS) is 14.1.